The molecule has 0 spiro atoms. The third-order valence-corrected chi connectivity index (χ3v) is 5.60. The lowest BCUT2D eigenvalue weighted by Crippen LogP contribution is -2.81. The lowest BCUT2D eigenvalue weighted by atomic mass is 10.1. The van der Waals surface area contributed by atoms with Crippen LogP contribution in [0.2, 0.25) is 0 Å². The van der Waals surface area contributed by atoms with Crippen LogP contribution in [0.4, 0.5) is 0 Å². The second-order valence-electron chi connectivity index (χ2n) is 6.59. The first-order valence-corrected chi connectivity index (χ1v) is 9.92. The normalized spacial score (nSPS) is 12.6. The Balaban J connectivity index is 1.34. The van der Waals surface area contributed by atoms with Crippen molar-refractivity contribution >= 4 is 21.6 Å². The molecule has 0 saturated carbocycles. The number of benzene rings is 2. The SMILES string of the molecule is O=c1[nH]c(C[NH2+]Cc2ccc3c(c2)OCO3)nc2scc(-c3ccccc3)c12. The largest absolute Gasteiger partial charge is 0.454 e. The first-order valence-electron chi connectivity index (χ1n) is 9.04. The summed E-state index contributed by atoms with van der Waals surface area (Å²) >= 11 is 1.51. The molecule has 5 rings (SSSR count). The zero-order chi connectivity index (χ0) is 18.9. The molecule has 28 heavy (non-hydrogen) atoms. The number of H-pyrrole nitrogens is 1. The lowest BCUT2D eigenvalue weighted by molar-refractivity contribution is -0.687. The summed E-state index contributed by atoms with van der Waals surface area (Å²) in [5, 5.41) is 4.77. The predicted molar refractivity (Wildman–Crippen MR) is 108 cm³/mol. The molecule has 1 aliphatic rings. The van der Waals surface area contributed by atoms with E-state index in [0.29, 0.717) is 17.8 Å². The maximum atomic E-state index is 12.7. The zero-order valence-electron chi connectivity index (χ0n) is 15.0. The number of quaternary nitrogens is 1. The van der Waals surface area contributed by atoms with Gasteiger partial charge in [0.05, 0.1) is 5.39 Å². The summed E-state index contributed by atoms with van der Waals surface area (Å²) in [7, 11) is 0. The van der Waals surface area contributed by atoms with Gasteiger partial charge in [-0.05, 0) is 23.8 Å². The summed E-state index contributed by atoms with van der Waals surface area (Å²) in [6.45, 7) is 1.63. The van der Waals surface area contributed by atoms with E-state index >= 15 is 0 Å². The van der Waals surface area contributed by atoms with Gasteiger partial charge in [-0.25, -0.2) is 4.98 Å². The van der Waals surface area contributed by atoms with Crippen molar-refractivity contribution in [3.05, 3.63) is 75.7 Å². The number of nitrogens with one attached hydrogen (secondary N) is 1. The van der Waals surface area contributed by atoms with Gasteiger partial charge in [0.1, 0.15) is 17.9 Å². The fraction of sp³-hybridized carbons (Fsp3) is 0.143. The van der Waals surface area contributed by atoms with Crippen LogP contribution in [0.25, 0.3) is 21.3 Å². The van der Waals surface area contributed by atoms with Crippen LogP contribution in [0, 0.1) is 0 Å². The number of aromatic amines is 1. The Morgan fingerprint density at radius 2 is 1.93 bits per heavy atom. The van der Waals surface area contributed by atoms with E-state index in [1.165, 1.54) is 11.3 Å². The molecule has 0 bridgehead atoms. The number of hydrogen-bond donors (Lipinski definition) is 2. The number of rotatable bonds is 5. The van der Waals surface area contributed by atoms with Crippen molar-refractivity contribution in [3.8, 4) is 22.6 Å². The molecule has 0 aliphatic carbocycles. The molecule has 0 atom stereocenters. The molecule has 2 aromatic heterocycles. The van der Waals surface area contributed by atoms with E-state index in [0.717, 1.165) is 39.6 Å². The second-order valence-corrected chi connectivity index (χ2v) is 7.45. The molecule has 6 nitrogen and oxygen atoms in total. The molecular weight excluding hydrogens is 374 g/mol. The Labute approximate surface area is 164 Å². The van der Waals surface area contributed by atoms with Crippen LogP contribution in [-0.4, -0.2) is 16.8 Å². The van der Waals surface area contributed by atoms with Gasteiger partial charge in [0.15, 0.2) is 17.3 Å². The van der Waals surface area contributed by atoms with Crippen molar-refractivity contribution in [3.63, 3.8) is 0 Å². The van der Waals surface area contributed by atoms with Crippen LogP contribution in [0.15, 0.2) is 58.7 Å². The number of nitrogens with two attached hydrogens (primary N) is 1. The molecule has 140 valence electrons. The molecule has 3 heterocycles. The third kappa shape index (κ3) is 3.15. The number of aromatic nitrogens is 2. The topological polar surface area (TPSA) is 80.8 Å². The summed E-state index contributed by atoms with van der Waals surface area (Å²) in [6.07, 6.45) is 0. The lowest BCUT2D eigenvalue weighted by Gasteiger charge is -2.04. The molecule has 0 saturated heterocycles. The Bertz CT molecular complexity index is 1200. The van der Waals surface area contributed by atoms with E-state index in [4.69, 9.17) is 9.47 Å². The van der Waals surface area contributed by atoms with E-state index in [9.17, 15) is 4.79 Å². The Kier molecular flexibility index (Phi) is 4.31. The van der Waals surface area contributed by atoms with Gasteiger partial charge < -0.3 is 19.8 Å². The fourth-order valence-electron chi connectivity index (χ4n) is 3.36. The average Bonchev–Trinajstić information content (AvgIpc) is 3.35. The summed E-state index contributed by atoms with van der Waals surface area (Å²) in [6, 6.07) is 15.9. The van der Waals surface area contributed by atoms with Crippen molar-refractivity contribution in [1.82, 2.24) is 9.97 Å². The van der Waals surface area contributed by atoms with Crippen molar-refractivity contribution in [2.24, 2.45) is 0 Å². The molecule has 0 fully saturated rings. The van der Waals surface area contributed by atoms with Gasteiger partial charge in [-0.1, -0.05) is 30.3 Å². The molecule has 7 heteroatoms. The molecule has 3 N–H and O–H groups in total. The zero-order valence-corrected chi connectivity index (χ0v) is 15.8. The van der Waals surface area contributed by atoms with Crippen LogP contribution < -0.4 is 20.3 Å². The monoisotopic (exact) mass is 392 g/mol. The minimum Gasteiger partial charge on any atom is -0.454 e. The highest BCUT2D eigenvalue weighted by atomic mass is 32.1. The smallest absolute Gasteiger partial charge is 0.260 e. The molecule has 1 aliphatic heterocycles. The highest BCUT2D eigenvalue weighted by molar-refractivity contribution is 7.17. The molecule has 0 unspecified atom stereocenters. The molecular formula is C21H18N3O3S+. The number of fused-ring (bicyclic) bond motifs is 2. The minimum atomic E-state index is -0.0865. The fourth-order valence-corrected chi connectivity index (χ4v) is 4.33. The van der Waals surface area contributed by atoms with Gasteiger partial charge in [-0.15, -0.1) is 11.3 Å². The molecule has 4 aromatic rings. The summed E-state index contributed by atoms with van der Waals surface area (Å²) in [4.78, 5) is 21.1. The third-order valence-electron chi connectivity index (χ3n) is 4.73. The first kappa shape index (κ1) is 17.0. The van der Waals surface area contributed by atoms with Crippen LogP contribution >= 0.6 is 11.3 Å². The summed E-state index contributed by atoms with van der Waals surface area (Å²) < 4.78 is 10.7. The van der Waals surface area contributed by atoms with Crippen molar-refractivity contribution in [2.45, 2.75) is 13.1 Å². The quantitative estimate of drug-likeness (QED) is 0.547. The van der Waals surface area contributed by atoms with Gasteiger partial charge in [0.25, 0.3) is 5.56 Å². The predicted octanol–water partition coefficient (Wildman–Crippen LogP) is 2.64. The highest BCUT2D eigenvalue weighted by Gasteiger charge is 2.15. The van der Waals surface area contributed by atoms with Crippen LogP contribution in [0.5, 0.6) is 11.5 Å². The average molecular weight is 392 g/mol. The highest BCUT2D eigenvalue weighted by Crippen LogP contribution is 2.32. The summed E-state index contributed by atoms with van der Waals surface area (Å²) in [5.41, 5.74) is 3.01. The first-order chi connectivity index (χ1) is 13.8. The number of thiophene rings is 1. The van der Waals surface area contributed by atoms with Crippen molar-refractivity contribution < 1.29 is 14.8 Å². The van der Waals surface area contributed by atoms with E-state index in [1.807, 2.05) is 53.9 Å². The maximum Gasteiger partial charge on any atom is 0.260 e. The second kappa shape index (κ2) is 7.10. The Hall–Kier alpha value is -3.16. The molecule has 0 radical (unpaired) electrons. The van der Waals surface area contributed by atoms with Gasteiger partial charge in [-0.3, -0.25) is 4.79 Å². The summed E-state index contributed by atoms with van der Waals surface area (Å²) in [5.74, 6) is 2.25. The van der Waals surface area contributed by atoms with Crippen LogP contribution in [0.1, 0.15) is 11.4 Å². The number of nitrogens with zero attached hydrogens (tertiary/aromatic N) is 1. The van der Waals surface area contributed by atoms with Crippen molar-refractivity contribution in [2.75, 3.05) is 6.79 Å². The van der Waals surface area contributed by atoms with Gasteiger partial charge in [0, 0.05) is 16.5 Å². The van der Waals surface area contributed by atoms with Crippen LogP contribution in [0.3, 0.4) is 0 Å². The van der Waals surface area contributed by atoms with Gasteiger partial charge in [0.2, 0.25) is 6.79 Å². The number of ether oxygens (including phenoxy) is 2. The standard InChI is InChI=1S/C21H17N3O3S/c25-20-19-15(14-4-2-1-3-5-14)11-28-21(19)24-18(23-20)10-22-9-13-6-7-16-17(8-13)27-12-26-16/h1-8,11,22H,9-10,12H2,(H,23,24,25)/p+1. The van der Waals surface area contributed by atoms with E-state index in [2.05, 4.69) is 15.3 Å². The maximum absolute atomic E-state index is 12.7. The van der Waals surface area contributed by atoms with Crippen molar-refractivity contribution in [1.29, 1.82) is 0 Å². The Morgan fingerprint density at radius 3 is 2.82 bits per heavy atom. The van der Waals surface area contributed by atoms with Crippen LogP contribution in [-0.2, 0) is 13.1 Å². The van der Waals surface area contributed by atoms with Gasteiger partial charge >= 0.3 is 0 Å². The van der Waals surface area contributed by atoms with E-state index < -0.39 is 0 Å². The Morgan fingerprint density at radius 1 is 1.07 bits per heavy atom. The van der Waals surface area contributed by atoms with E-state index in [-0.39, 0.29) is 12.4 Å². The van der Waals surface area contributed by atoms with E-state index in [1.54, 1.807) is 0 Å². The molecule has 2 aromatic carbocycles. The minimum absolute atomic E-state index is 0.0865. The molecule has 0 amide bonds. The number of hydrogen-bond acceptors (Lipinski definition) is 5. The van der Waals surface area contributed by atoms with Gasteiger partial charge in [-0.2, -0.15) is 0 Å².